The molecular formula is C20H28N2O8. The van der Waals surface area contributed by atoms with Gasteiger partial charge in [-0.25, -0.2) is 0 Å². The zero-order valence-electron chi connectivity index (χ0n) is 17.2. The number of carbonyl (C=O) groups excluding carboxylic acids is 2. The van der Waals surface area contributed by atoms with Crippen molar-refractivity contribution >= 4 is 23.8 Å². The maximum atomic E-state index is 12.7. The van der Waals surface area contributed by atoms with Crippen molar-refractivity contribution < 1.29 is 38.9 Å². The second kappa shape index (κ2) is 11.8. The third kappa shape index (κ3) is 7.36. The minimum absolute atomic E-state index is 0.0524. The van der Waals surface area contributed by atoms with E-state index in [4.69, 9.17) is 25.4 Å². The minimum Gasteiger partial charge on any atom is -0.497 e. The lowest BCUT2D eigenvalue weighted by atomic mass is 10.0. The van der Waals surface area contributed by atoms with Crippen molar-refractivity contribution in [3.63, 3.8) is 0 Å². The number of carbonyl (C=O) groups is 4. The fraction of sp³-hybridized carbons (Fsp3) is 0.500. The van der Waals surface area contributed by atoms with Gasteiger partial charge in [0, 0.05) is 20.1 Å². The van der Waals surface area contributed by atoms with E-state index in [1.165, 1.54) is 11.9 Å². The Hall–Kier alpha value is -3.14. The lowest BCUT2D eigenvalue weighted by Gasteiger charge is -2.28. The van der Waals surface area contributed by atoms with Crippen LogP contribution in [0.15, 0.2) is 24.3 Å². The van der Waals surface area contributed by atoms with Crippen LogP contribution in [0.5, 0.6) is 5.75 Å². The molecule has 0 bridgehead atoms. The third-order valence-electron chi connectivity index (χ3n) is 4.67. The predicted molar refractivity (Wildman–Crippen MR) is 106 cm³/mol. The number of carboxylic acids is 2. The van der Waals surface area contributed by atoms with Crippen molar-refractivity contribution in [2.75, 3.05) is 27.4 Å². The number of amides is 2. The monoisotopic (exact) mass is 424 g/mol. The van der Waals surface area contributed by atoms with Crippen molar-refractivity contribution in [3.05, 3.63) is 29.8 Å². The summed E-state index contributed by atoms with van der Waals surface area (Å²) in [5.41, 5.74) is 6.29. The second-order valence-electron chi connectivity index (χ2n) is 6.91. The molecule has 0 spiro atoms. The van der Waals surface area contributed by atoms with Crippen LogP contribution in [-0.4, -0.2) is 72.3 Å². The van der Waals surface area contributed by atoms with Crippen molar-refractivity contribution in [1.82, 2.24) is 4.90 Å². The fourth-order valence-corrected chi connectivity index (χ4v) is 2.80. The van der Waals surface area contributed by atoms with Crippen LogP contribution in [0, 0.1) is 11.8 Å². The van der Waals surface area contributed by atoms with E-state index in [0.29, 0.717) is 5.75 Å². The number of methoxy groups -OCH3 is 1. The highest BCUT2D eigenvalue weighted by molar-refractivity contribution is 5.92. The summed E-state index contributed by atoms with van der Waals surface area (Å²) in [6.07, 6.45) is 0.0108. The van der Waals surface area contributed by atoms with Gasteiger partial charge in [-0.15, -0.1) is 0 Å². The first-order valence-electron chi connectivity index (χ1n) is 9.30. The summed E-state index contributed by atoms with van der Waals surface area (Å²) in [6.45, 7) is 1.41. The number of ether oxygens (including phenoxy) is 2. The molecule has 1 aromatic carbocycles. The van der Waals surface area contributed by atoms with Gasteiger partial charge in [-0.05, 0) is 24.1 Å². The molecule has 1 unspecified atom stereocenters. The number of primary amides is 1. The summed E-state index contributed by atoms with van der Waals surface area (Å²) in [5, 5.41) is 17.7. The summed E-state index contributed by atoms with van der Waals surface area (Å²) in [5.74, 6) is -5.46. The lowest BCUT2D eigenvalue weighted by Crippen LogP contribution is -2.49. The molecular weight excluding hydrogens is 396 g/mol. The molecule has 0 aromatic heterocycles. The van der Waals surface area contributed by atoms with Gasteiger partial charge in [0.1, 0.15) is 11.8 Å². The second-order valence-corrected chi connectivity index (χ2v) is 6.91. The van der Waals surface area contributed by atoms with Crippen LogP contribution in [-0.2, 0) is 30.3 Å². The van der Waals surface area contributed by atoms with E-state index >= 15 is 0 Å². The molecule has 0 aliphatic carbocycles. The molecule has 1 aromatic rings. The Morgan fingerprint density at radius 2 is 1.67 bits per heavy atom. The quantitative estimate of drug-likeness (QED) is 0.303. The SMILES string of the molecule is COc1ccc(C[C@@H](C(N)=O)N(C)C(=O)C(C)COCCC(C(=O)O)C(=O)O)cc1. The van der Waals surface area contributed by atoms with E-state index in [0.717, 1.165) is 5.56 Å². The summed E-state index contributed by atoms with van der Waals surface area (Å²) < 4.78 is 10.4. The van der Waals surface area contributed by atoms with Gasteiger partial charge in [-0.2, -0.15) is 0 Å². The van der Waals surface area contributed by atoms with Gasteiger partial charge in [0.25, 0.3) is 0 Å². The highest BCUT2D eigenvalue weighted by Crippen LogP contribution is 2.16. The van der Waals surface area contributed by atoms with Crippen LogP contribution in [0.1, 0.15) is 18.9 Å². The van der Waals surface area contributed by atoms with Crippen molar-refractivity contribution in [2.45, 2.75) is 25.8 Å². The number of hydrogen-bond acceptors (Lipinski definition) is 6. The van der Waals surface area contributed by atoms with E-state index in [1.807, 2.05) is 0 Å². The standard InChI is InChI=1S/C20H28N2O8/c1-12(11-30-9-8-15(19(25)26)20(27)28)18(24)22(2)16(17(21)23)10-13-4-6-14(29-3)7-5-13/h4-7,12,15-16H,8-11H2,1-3H3,(H2,21,23)(H,25,26)(H,27,28)/t12?,16-/m0/s1. The zero-order valence-corrected chi connectivity index (χ0v) is 17.2. The Balaban J connectivity index is 2.63. The van der Waals surface area contributed by atoms with Crippen LogP contribution in [0.3, 0.4) is 0 Å². The van der Waals surface area contributed by atoms with Crippen LogP contribution in [0.2, 0.25) is 0 Å². The number of carboxylic acid groups (broad SMARTS) is 2. The van der Waals surface area contributed by atoms with Crippen LogP contribution in [0.4, 0.5) is 0 Å². The largest absolute Gasteiger partial charge is 0.497 e. The Kier molecular flexibility index (Phi) is 9.76. The first-order valence-corrected chi connectivity index (χ1v) is 9.30. The Morgan fingerprint density at radius 3 is 2.13 bits per heavy atom. The molecule has 2 atom stereocenters. The van der Waals surface area contributed by atoms with Crippen LogP contribution < -0.4 is 10.5 Å². The number of rotatable bonds is 13. The van der Waals surface area contributed by atoms with Gasteiger partial charge < -0.3 is 30.3 Å². The maximum absolute atomic E-state index is 12.7. The number of likely N-dealkylation sites (N-methyl/N-ethyl adjacent to an activating group) is 1. The van der Waals surface area contributed by atoms with E-state index in [9.17, 15) is 19.2 Å². The van der Waals surface area contributed by atoms with E-state index in [1.54, 1.807) is 38.3 Å². The number of hydrogen-bond donors (Lipinski definition) is 3. The Bertz CT molecular complexity index is 736. The summed E-state index contributed by atoms with van der Waals surface area (Å²) in [7, 11) is 3.02. The van der Waals surface area contributed by atoms with Gasteiger partial charge in [-0.1, -0.05) is 19.1 Å². The summed E-state index contributed by atoms with van der Waals surface area (Å²) in [4.78, 5) is 47.5. The summed E-state index contributed by atoms with van der Waals surface area (Å²) >= 11 is 0. The molecule has 10 heteroatoms. The third-order valence-corrected chi connectivity index (χ3v) is 4.67. The Labute approximate surface area is 174 Å². The molecule has 0 radical (unpaired) electrons. The number of aliphatic carboxylic acids is 2. The molecule has 2 amide bonds. The summed E-state index contributed by atoms with van der Waals surface area (Å²) in [6, 6.07) is 6.18. The molecule has 0 aliphatic rings. The maximum Gasteiger partial charge on any atom is 0.317 e. The van der Waals surface area contributed by atoms with Gasteiger partial charge in [0.05, 0.1) is 19.6 Å². The van der Waals surface area contributed by atoms with Gasteiger partial charge >= 0.3 is 11.9 Å². The van der Waals surface area contributed by atoms with Crippen LogP contribution >= 0.6 is 0 Å². The highest BCUT2D eigenvalue weighted by atomic mass is 16.5. The molecule has 0 heterocycles. The first-order chi connectivity index (χ1) is 14.1. The molecule has 4 N–H and O–H groups in total. The molecule has 10 nitrogen and oxygen atoms in total. The van der Waals surface area contributed by atoms with Crippen molar-refractivity contribution in [1.29, 1.82) is 0 Å². The number of nitrogens with zero attached hydrogens (tertiary/aromatic N) is 1. The van der Waals surface area contributed by atoms with E-state index in [-0.39, 0.29) is 32.0 Å². The van der Waals surface area contributed by atoms with E-state index < -0.39 is 35.7 Å². The predicted octanol–water partition coefficient (Wildman–Crippen LogP) is 0.378. The highest BCUT2D eigenvalue weighted by Gasteiger charge is 2.29. The number of benzene rings is 1. The van der Waals surface area contributed by atoms with Gasteiger partial charge in [-0.3, -0.25) is 19.2 Å². The smallest absolute Gasteiger partial charge is 0.317 e. The fourth-order valence-electron chi connectivity index (χ4n) is 2.80. The molecule has 0 fully saturated rings. The zero-order chi connectivity index (χ0) is 22.8. The molecule has 0 aliphatic heterocycles. The Morgan fingerprint density at radius 1 is 1.10 bits per heavy atom. The first kappa shape index (κ1) is 24.9. The average molecular weight is 424 g/mol. The van der Waals surface area contributed by atoms with Crippen LogP contribution in [0.25, 0.3) is 0 Å². The van der Waals surface area contributed by atoms with Crippen molar-refractivity contribution in [3.8, 4) is 5.75 Å². The molecule has 0 saturated carbocycles. The van der Waals surface area contributed by atoms with Gasteiger partial charge in [0.15, 0.2) is 5.92 Å². The molecule has 0 saturated heterocycles. The van der Waals surface area contributed by atoms with E-state index in [2.05, 4.69) is 0 Å². The minimum atomic E-state index is -1.57. The van der Waals surface area contributed by atoms with Gasteiger partial charge in [0.2, 0.25) is 11.8 Å². The molecule has 30 heavy (non-hydrogen) atoms. The topological polar surface area (TPSA) is 156 Å². The molecule has 1 rings (SSSR count). The number of nitrogens with two attached hydrogens (primary N) is 1. The molecule has 166 valence electrons. The normalized spacial score (nSPS) is 12.8. The van der Waals surface area contributed by atoms with Crippen molar-refractivity contribution in [2.24, 2.45) is 17.6 Å². The average Bonchev–Trinajstić information content (AvgIpc) is 2.70. The lowest BCUT2D eigenvalue weighted by molar-refractivity contribution is -0.155.